The summed E-state index contributed by atoms with van der Waals surface area (Å²) < 4.78 is 31.9. The quantitative estimate of drug-likeness (QED) is 0.0440. The van der Waals surface area contributed by atoms with Crippen LogP contribution in [0.15, 0.2) is 90.6 Å². The molecule has 0 aliphatic carbocycles. The number of methoxy groups -OCH3 is 2. The minimum absolute atomic E-state index is 0.0649. The highest BCUT2D eigenvalue weighted by Gasteiger charge is 2.26. The maximum atomic E-state index is 12.2. The molecule has 0 radical (unpaired) electrons. The van der Waals surface area contributed by atoms with E-state index >= 15 is 0 Å². The zero-order valence-electron chi connectivity index (χ0n) is 36.1. The largest absolute Gasteiger partial charge is 0.487 e. The molecule has 0 aromatic heterocycles. The molecule has 0 bridgehead atoms. The molecule has 0 saturated carbocycles. The van der Waals surface area contributed by atoms with Gasteiger partial charge >= 0.3 is 24.1 Å². The molecule has 0 saturated heterocycles. The number of carbonyl (C=O) groups excluding carboxylic acids is 4. The van der Waals surface area contributed by atoms with Crippen LogP contribution >= 0.6 is 0 Å². The van der Waals surface area contributed by atoms with Gasteiger partial charge in [0.05, 0.1) is 25.6 Å². The molecule has 4 aromatic carbocycles. The van der Waals surface area contributed by atoms with Gasteiger partial charge in [-0.25, -0.2) is 19.2 Å². The van der Waals surface area contributed by atoms with Crippen molar-refractivity contribution in [3.8, 4) is 11.5 Å². The third-order valence-corrected chi connectivity index (χ3v) is 8.22. The Bertz CT molecular complexity index is 2110. The van der Waals surface area contributed by atoms with Gasteiger partial charge in [-0.3, -0.25) is 5.32 Å². The Hall–Kier alpha value is -6.70. The van der Waals surface area contributed by atoms with Crippen molar-refractivity contribution in [1.29, 1.82) is 0 Å². The molecule has 4 aromatic rings. The fraction of sp³-hybridized carbons (Fsp3) is 0.348. The highest BCUT2D eigenvalue weighted by Crippen LogP contribution is 2.30. The number of aryl methyl sites for hydroxylation is 2. The normalized spacial score (nSPS) is 11.8. The number of hydrogen-bond donors (Lipinski definition) is 4. The second-order valence-electron chi connectivity index (χ2n) is 15.7. The monoisotopic (exact) mass is 826 g/mol. The van der Waals surface area contributed by atoms with E-state index in [0.717, 1.165) is 27.8 Å². The fourth-order valence-corrected chi connectivity index (χ4v) is 5.40. The van der Waals surface area contributed by atoms with Gasteiger partial charge in [-0.05, 0) is 113 Å². The van der Waals surface area contributed by atoms with E-state index in [1.54, 1.807) is 59.7 Å². The summed E-state index contributed by atoms with van der Waals surface area (Å²) in [6.45, 7) is 14.8. The Labute approximate surface area is 352 Å². The molecular weight excluding hydrogens is 769 g/mol. The summed E-state index contributed by atoms with van der Waals surface area (Å²) in [6.07, 6.45) is 0.240. The van der Waals surface area contributed by atoms with E-state index in [0.29, 0.717) is 41.7 Å². The Morgan fingerprint density at radius 1 is 0.650 bits per heavy atom. The number of rotatable bonds is 13. The second-order valence-corrected chi connectivity index (χ2v) is 15.7. The van der Waals surface area contributed by atoms with Crippen molar-refractivity contribution in [2.75, 3.05) is 25.7 Å². The first-order valence-corrected chi connectivity index (χ1v) is 19.2. The standard InChI is InChI=1S/C23H30N2O5.C23H28N2O5/c2*1-15-11-17(12-18(21(26)28-5)25-22(27)30-23(2,3)4)13-19(20(15)24)29-14-16-9-7-6-8-10-16/h6-11,13,18H,12,14,24H2,1-5H3,(H,25,27);6-13H,14,24H2,1-5H3,(H,25,27)/b;18-12-/t18-;/m1./s1. The number of hydrogen-bond acceptors (Lipinski definition) is 12. The molecule has 0 spiro atoms. The SMILES string of the molecule is COC(=O)/C(=C/c1cc(C)c(N)c(OCc2ccccc2)c1)NC(=O)OC(C)(C)C.COC(=O)[C@@H](Cc1cc(C)c(N)c(OCc2ccccc2)c1)NC(=O)OC(C)(C)C. The molecule has 6 N–H and O–H groups in total. The van der Waals surface area contributed by atoms with Crippen LogP contribution in [0.25, 0.3) is 6.08 Å². The summed E-state index contributed by atoms with van der Waals surface area (Å²) >= 11 is 0. The summed E-state index contributed by atoms with van der Waals surface area (Å²) in [6, 6.07) is 25.6. The summed E-state index contributed by atoms with van der Waals surface area (Å²) in [5.41, 5.74) is 16.9. The van der Waals surface area contributed by atoms with Gasteiger partial charge in [0.1, 0.15) is 47.7 Å². The summed E-state index contributed by atoms with van der Waals surface area (Å²) in [5.74, 6) is -0.273. The first-order chi connectivity index (χ1) is 28.2. The average molecular weight is 827 g/mol. The summed E-state index contributed by atoms with van der Waals surface area (Å²) in [7, 11) is 2.50. The van der Waals surface area contributed by atoms with Crippen LogP contribution in [0, 0.1) is 13.8 Å². The topological polar surface area (TPSA) is 200 Å². The van der Waals surface area contributed by atoms with Crippen LogP contribution < -0.4 is 31.6 Å². The molecule has 2 amide bonds. The van der Waals surface area contributed by atoms with Crippen LogP contribution in [-0.2, 0) is 48.2 Å². The van der Waals surface area contributed by atoms with Crippen molar-refractivity contribution < 1.29 is 47.6 Å². The molecule has 1 atom stereocenters. The van der Waals surface area contributed by atoms with Gasteiger partial charge < -0.3 is 45.2 Å². The third-order valence-electron chi connectivity index (χ3n) is 8.22. The molecule has 14 nitrogen and oxygen atoms in total. The van der Waals surface area contributed by atoms with Crippen LogP contribution in [0.3, 0.4) is 0 Å². The molecule has 322 valence electrons. The summed E-state index contributed by atoms with van der Waals surface area (Å²) in [4.78, 5) is 48.6. The maximum absolute atomic E-state index is 12.2. The van der Waals surface area contributed by atoms with Gasteiger partial charge in [-0.15, -0.1) is 0 Å². The number of amides is 2. The van der Waals surface area contributed by atoms with E-state index in [9.17, 15) is 19.2 Å². The lowest BCUT2D eigenvalue weighted by Crippen LogP contribution is -2.45. The van der Waals surface area contributed by atoms with Gasteiger partial charge in [-0.1, -0.05) is 66.7 Å². The van der Waals surface area contributed by atoms with E-state index in [4.69, 9.17) is 39.9 Å². The van der Waals surface area contributed by atoms with Crippen LogP contribution in [0.4, 0.5) is 21.0 Å². The van der Waals surface area contributed by atoms with Gasteiger partial charge in [-0.2, -0.15) is 0 Å². The molecule has 14 heteroatoms. The number of alkyl carbamates (subject to hydrolysis) is 2. The van der Waals surface area contributed by atoms with Crippen LogP contribution in [0.2, 0.25) is 0 Å². The zero-order chi connectivity index (χ0) is 44.6. The van der Waals surface area contributed by atoms with E-state index in [-0.39, 0.29) is 12.1 Å². The van der Waals surface area contributed by atoms with Crippen molar-refractivity contribution in [3.63, 3.8) is 0 Å². The van der Waals surface area contributed by atoms with Crippen molar-refractivity contribution in [2.24, 2.45) is 0 Å². The van der Waals surface area contributed by atoms with Gasteiger partial charge in [0.25, 0.3) is 0 Å². The first-order valence-electron chi connectivity index (χ1n) is 19.2. The first kappa shape index (κ1) is 47.7. The third kappa shape index (κ3) is 16.3. The van der Waals surface area contributed by atoms with Crippen LogP contribution in [0.5, 0.6) is 11.5 Å². The van der Waals surface area contributed by atoms with Gasteiger partial charge in [0.15, 0.2) is 0 Å². The van der Waals surface area contributed by atoms with Crippen molar-refractivity contribution in [3.05, 3.63) is 124 Å². The van der Waals surface area contributed by atoms with Crippen molar-refractivity contribution in [2.45, 2.75) is 92.3 Å². The van der Waals surface area contributed by atoms with Crippen molar-refractivity contribution in [1.82, 2.24) is 10.6 Å². The Morgan fingerprint density at radius 2 is 1.13 bits per heavy atom. The number of nitrogens with two attached hydrogens (primary N) is 2. The number of nitrogen functional groups attached to an aromatic ring is 2. The Morgan fingerprint density at radius 3 is 1.62 bits per heavy atom. The predicted octanol–water partition coefficient (Wildman–Crippen LogP) is 7.96. The van der Waals surface area contributed by atoms with Crippen LogP contribution in [-0.4, -0.2) is 55.6 Å². The van der Waals surface area contributed by atoms with E-state index in [1.165, 1.54) is 20.3 Å². The lowest BCUT2D eigenvalue weighted by Gasteiger charge is -2.23. The minimum Gasteiger partial charge on any atom is -0.487 e. The number of esters is 2. The Balaban J connectivity index is 0.000000320. The molecule has 0 heterocycles. The number of anilines is 2. The zero-order valence-corrected chi connectivity index (χ0v) is 36.1. The average Bonchev–Trinajstić information content (AvgIpc) is 3.17. The molecule has 0 aliphatic rings. The molecule has 60 heavy (non-hydrogen) atoms. The molecule has 0 unspecified atom stereocenters. The van der Waals surface area contributed by atoms with E-state index < -0.39 is 41.4 Å². The molecule has 4 rings (SSSR count). The van der Waals surface area contributed by atoms with E-state index in [1.807, 2.05) is 80.6 Å². The fourth-order valence-electron chi connectivity index (χ4n) is 5.40. The van der Waals surface area contributed by atoms with Crippen molar-refractivity contribution >= 4 is 41.6 Å². The van der Waals surface area contributed by atoms with Gasteiger partial charge in [0.2, 0.25) is 0 Å². The lowest BCUT2D eigenvalue weighted by atomic mass is 10.0. The number of carbonyl (C=O) groups is 4. The number of benzene rings is 4. The highest BCUT2D eigenvalue weighted by atomic mass is 16.6. The molecular formula is C46H58N4O10. The predicted molar refractivity (Wildman–Crippen MR) is 231 cm³/mol. The maximum Gasteiger partial charge on any atom is 0.412 e. The minimum atomic E-state index is -0.908. The molecule has 0 aliphatic heterocycles. The van der Waals surface area contributed by atoms with Gasteiger partial charge in [0, 0.05) is 6.42 Å². The number of nitrogens with one attached hydrogen (secondary N) is 2. The second kappa shape index (κ2) is 21.9. The van der Waals surface area contributed by atoms with E-state index in [2.05, 4.69) is 10.6 Å². The highest BCUT2D eigenvalue weighted by molar-refractivity contribution is 5.97. The smallest absolute Gasteiger partial charge is 0.412 e. The molecule has 0 fully saturated rings. The summed E-state index contributed by atoms with van der Waals surface area (Å²) in [5, 5.41) is 5.01. The number of ether oxygens (including phenoxy) is 6. The van der Waals surface area contributed by atoms with Crippen LogP contribution in [0.1, 0.15) is 74.9 Å². The lowest BCUT2D eigenvalue weighted by molar-refractivity contribution is -0.143. The Kier molecular flexibility index (Phi) is 17.4.